The number of hydrogen-bond acceptors (Lipinski definition) is 3. The summed E-state index contributed by atoms with van der Waals surface area (Å²) < 4.78 is 0. The van der Waals surface area contributed by atoms with Crippen LogP contribution in [0.25, 0.3) is 0 Å². The fourth-order valence-corrected chi connectivity index (χ4v) is 1.60. The summed E-state index contributed by atoms with van der Waals surface area (Å²) >= 11 is 1.40. The van der Waals surface area contributed by atoms with Gasteiger partial charge in [-0.2, -0.15) is 0 Å². The lowest BCUT2D eigenvalue weighted by Gasteiger charge is -2.00. The van der Waals surface area contributed by atoms with Crippen molar-refractivity contribution in [2.45, 2.75) is 11.8 Å². The van der Waals surface area contributed by atoms with Gasteiger partial charge in [0.15, 0.2) is 6.29 Å². The maximum Gasteiger partial charge on any atom is 0.259 e. The second kappa shape index (κ2) is 3.58. The number of pyridine rings is 1. The molecule has 0 saturated heterocycles. The summed E-state index contributed by atoms with van der Waals surface area (Å²) in [4.78, 5) is 24.9. The molecule has 1 aromatic rings. The van der Waals surface area contributed by atoms with Gasteiger partial charge in [-0.05, 0) is 19.2 Å². The van der Waals surface area contributed by atoms with E-state index in [1.165, 1.54) is 11.8 Å². The van der Waals surface area contributed by atoms with Crippen LogP contribution >= 0.6 is 11.8 Å². The van der Waals surface area contributed by atoms with Crippen LogP contribution in [0.5, 0.6) is 0 Å². The molecule has 0 aliphatic carbocycles. The molecule has 0 atom stereocenters. The van der Waals surface area contributed by atoms with Crippen LogP contribution in [0.4, 0.5) is 0 Å². The Morgan fingerprint density at radius 3 is 2.75 bits per heavy atom. The molecule has 0 amide bonds. The van der Waals surface area contributed by atoms with E-state index >= 15 is 0 Å². The number of nitrogens with one attached hydrogen (secondary N) is 1. The number of hydrogen-bond donors (Lipinski definition) is 1. The standard InChI is InChI=1S/C8H9NO2S/c1-5-3-7(12-2)6(4-10)8(11)9-5/h3-4H,1-2H3,(H,9,11). The van der Waals surface area contributed by atoms with Crippen molar-refractivity contribution in [3.8, 4) is 0 Å². The molecule has 0 aliphatic rings. The maximum absolute atomic E-state index is 11.2. The average molecular weight is 183 g/mol. The molecule has 3 nitrogen and oxygen atoms in total. The number of H-pyrrole nitrogens is 1. The van der Waals surface area contributed by atoms with Crippen LogP contribution in [0.15, 0.2) is 15.8 Å². The van der Waals surface area contributed by atoms with Gasteiger partial charge in [0.05, 0.1) is 5.56 Å². The molecular weight excluding hydrogens is 174 g/mol. The predicted octanol–water partition coefficient (Wildman–Crippen LogP) is 1.22. The third-order valence-corrected chi connectivity index (χ3v) is 2.28. The van der Waals surface area contributed by atoms with Gasteiger partial charge in [-0.25, -0.2) is 0 Å². The van der Waals surface area contributed by atoms with Crippen LogP contribution in [0.1, 0.15) is 16.1 Å². The third kappa shape index (κ3) is 1.58. The Bertz CT molecular complexity index is 357. The molecule has 1 aromatic heterocycles. The number of rotatable bonds is 2. The first-order valence-electron chi connectivity index (χ1n) is 3.42. The number of aromatic amines is 1. The van der Waals surface area contributed by atoms with Gasteiger partial charge in [0.1, 0.15) is 0 Å². The summed E-state index contributed by atoms with van der Waals surface area (Å²) in [6.07, 6.45) is 2.42. The minimum Gasteiger partial charge on any atom is -0.326 e. The molecule has 64 valence electrons. The third-order valence-electron chi connectivity index (χ3n) is 1.51. The molecule has 0 spiro atoms. The number of aryl methyl sites for hydroxylation is 1. The van der Waals surface area contributed by atoms with Crippen LogP contribution in [-0.2, 0) is 0 Å². The van der Waals surface area contributed by atoms with Gasteiger partial charge < -0.3 is 4.98 Å². The van der Waals surface area contributed by atoms with Crippen LogP contribution in [-0.4, -0.2) is 17.5 Å². The van der Waals surface area contributed by atoms with Crippen LogP contribution in [0.2, 0.25) is 0 Å². The first kappa shape index (κ1) is 9.06. The van der Waals surface area contributed by atoms with E-state index in [1.54, 1.807) is 13.0 Å². The zero-order valence-electron chi connectivity index (χ0n) is 6.88. The van der Waals surface area contributed by atoms with Gasteiger partial charge in [-0.1, -0.05) is 0 Å². The summed E-state index contributed by atoms with van der Waals surface area (Å²) in [5.41, 5.74) is 0.678. The zero-order chi connectivity index (χ0) is 9.14. The predicted molar refractivity (Wildman–Crippen MR) is 49.0 cm³/mol. The normalized spacial score (nSPS) is 9.83. The minimum atomic E-state index is -0.311. The van der Waals surface area contributed by atoms with Crippen molar-refractivity contribution < 1.29 is 4.79 Å². The number of aldehydes is 1. The maximum atomic E-state index is 11.2. The van der Waals surface area contributed by atoms with Crippen LogP contribution < -0.4 is 5.56 Å². The zero-order valence-corrected chi connectivity index (χ0v) is 7.70. The molecule has 0 radical (unpaired) electrons. The van der Waals surface area contributed by atoms with Crippen LogP contribution in [0.3, 0.4) is 0 Å². The number of thioether (sulfide) groups is 1. The van der Waals surface area contributed by atoms with Crippen molar-refractivity contribution in [3.05, 3.63) is 27.7 Å². The molecule has 0 bridgehead atoms. The molecular formula is C8H9NO2S. The summed E-state index contributed by atoms with van der Waals surface area (Å²) in [6, 6.07) is 1.79. The van der Waals surface area contributed by atoms with E-state index in [0.29, 0.717) is 6.29 Å². The van der Waals surface area contributed by atoms with E-state index < -0.39 is 0 Å². The highest BCUT2D eigenvalue weighted by Gasteiger charge is 2.05. The Morgan fingerprint density at radius 1 is 1.58 bits per heavy atom. The van der Waals surface area contributed by atoms with E-state index in [4.69, 9.17) is 0 Å². The average Bonchev–Trinajstić information content (AvgIpc) is 2.03. The summed E-state index contributed by atoms with van der Waals surface area (Å²) in [6.45, 7) is 1.79. The largest absolute Gasteiger partial charge is 0.326 e. The topological polar surface area (TPSA) is 49.9 Å². The van der Waals surface area contributed by atoms with Gasteiger partial charge in [-0.15, -0.1) is 11.8 Å². The van der Waals surface area contributed by atoms with E-state index in [1.807, 2.05) is 6.26 Å². The van der Waals surface area contributed by atoms with Crippen molar-refractivity contribution in [1.82, 2.24) is 4.98 Å². The monoisotopic (exact) mass is 183 g/mol. The van der Waals surface area contributed by atoms with Crippen LogP contribution in [0, 0.1) is 6.92 Å². The molecule has 1 rings (SSSR count). The Balaban J connectivity index is 3.44. The molecule has 1 N–H and O–H groups in total. The Hall–Kier alpha value is -1.03. The van der Waals surface area contributed by atoms with E-state index in [0.717, 1.165) is 10.6 Å². The molecule has 1 heterocycles. The summed E-state index contributed by atoms with van der Waals surface area (Å²) in [5.74, 6) is 0. The van der Waals surface area contributed by atoms with E-state index in [-0.39, 0.29) is 11.1 Å². The Kier molecular flexibility index (Phi) is 2.70. The fourth-order valence-electron chi connectivity index (χ4n) is 0.949. The molecule has 0 aliphatic heterocycles. The molecule has 0 fully saturated rings. The van der Waals surface area contributed by atoms with Gasteiger partial charge in [-0.3, -0.25) is 9.59 Å². The highest BCUT2D eigenvalue weighted by Crippen LogP contribution is 2.15. The lowest BCUT2D eigenvalue weighted by molar-refractivity contribution is 0.111. The second-order valence-electron chi connectivity index (χ2n) is 2.38. The summed E-state index contributed by atoms with van der Waals surface area (Å²) in [5, 5.41) is 0. The van der Waals surface area contributed by atoms with Crippen molar-refractivity contribution in [2.75, 3.05) is 6.26 Å². The SMILES string of the molecule is CSc1cc(C)[nH]c(=O)c1C=O. The van der Waals surface area contributed by atoms with Gasteiger partial charge in [0.2, 0.25) is 0 Å². The van der Waals surface area contributed by atoms with Gasteiger partial charge >= 0.3 is 0 Å². The molecule has 0 unspecified atom stereocenters. The Labute approximate surface area is 74.2 Å². The minimum absolute atomic E-state index is 0.216. The lowest BCUT2D eigenvalue weighted by atomic mass is 10.3. The number of carbonyl (C=O) groups excluding carboxylic acids is 1. The summed E-state index contributed by atoms with van der Waals surface area (Å²) in [7, 11) is 0. The molecule has 0 saturated carbocycles. The Morgan fingerprint density at radius 2 is 2.25 bits per heavy atom. The highest BCUT2D eigenvalue weighted by atomic mass is 32.2. The number of aromatic nitrogens is 1. The smallest absolute Gasteiger partial charge is 0.259 e. The first-order chi connectivity index (χ1) is 5.69. The first-order valence-corrected chi connectivity index (χ1v) is 4.64. The van der Waals surface area contributed by atoms with Crippen molar-refractivity contribution in [3.63, 3.8) is 0 Å². The van der Waals surface area contributed by atoms with E-state index in [9.17, 15) is 9.59 Å². The second-order valence-corrected chi connectivity index (χ2v) is 3.23. The van der Waals surface area contributed by atoms with Gasteiger partial charge in [0, 0.05) is 10.6 Å². The van der Waals surface area contributed by atoms with Gasteiger partial charge in [0.25, 0.3) is 5.56 Å². The van der Waals surface area contributed by atoms with Crippen molar-refractivity contribution in [1.29, 1.82) is 0 Å². The van der Waals surface area contributed by atoms with Crippen molar-refractivity contribution in [2.24, 2.45) is 0 Å². The fraction of sp³-hybridized carbons (Fsp3) is 0.250. The quantitative estimate of drug-likeness (QED) is 0.554. The highest BCUT2D eigenvalue weighted by molar-refractivity contribution is 7.98. The van der Waals surface area contributed by atoms with E-state index in [2.05, 4.69) is 4.98 Å². The number of carbonyl (C=O) groups is 1. The molecule has 0 aromatic carbocycles. The van der Waals surface area contributed by atoms with Crippen molar-refractivity contribution >= 4 is 18.0 Å². The molecule has 12 heavy (non-hydrogen) atoms. The molecule has 4 heteroatoms. The lowest BCUT2D eigenvalue weighted by Crippen LogP contribution is -2.14.